The van der Waals surface area contributed by atoms with Crippen LogP contribution in [0.5, 0.6) is 0 Å². The van der Waals surface area contributed by atoms with Crippen molar-refractivity contribution in [2.75, 3.05) is 50.8 Å². The number of benzene rings is 1. The zero-order valence-corrected chi connectivity index (χ0v) is 19.5. The summed E-state index contributed by atoms with van der Waals surface area (Å²) >= 11 is 0. The Kier molecular flexibility index (Phi) is 9.41. The zero-order valence-electron chi connectivity index (χ0n) is 19.5. The number of nitrogens with zero attached hydrogens (tertiary/aromatic N) is 3. The lowest BCUT2D eigenvalue weighted by Crippen LogP contribution is -2.49. The van der Waals surface area contributed by atoms with Crippen LogP contribution in [-0.4, -0.2) is 67.6 Å². The predicted octanol–water partition coefficient (Wildman–Crippen LogP) is 3.54. The van der Waals surface area contributed by atoms with E-state index >= 15 is 0 Å². The molecule has 0 radical (unpaired) electrons. The first-order chi connectivity index (χ1) is 16.8. The second kappa shape index (κ2) is 12.5. The Labute approximate surface area is 201 Å². The Balaban J connectivity index is 1.48. The number of anilines is 1. The number of rotatable bonds is 10. The van der Waals surface area contributed by atoms with Crippen molar-refractivity contribution >= 4 is 17.6 Å². The Hall–Kier alpha value is -3.21. The van der Waals surface area contributed by atoms with Crippen LogP contribution in [0.15, 0.2) is 24.4 Å². The number of amides is 2. The van der Waals surface area contributed by atoms with Crippen LogP contribution in [0.3, 0.4) is 0 Å². The van der Waals surface area contributed by atoms with Crippen LogP contribution in [0.1, 0.15) is 46.9 Å². The van der Waals surface area contributed by atoms with Crippen LogP contribution in [0, 0.1) is 23.3 Å². The largest absolute Gasteiger partial charge is 0.381 e. The third-order valence-corrected chi connectivity index (χ3v) is 5.63. The number of nitrogens with one attached hydrogen (secondary N) is 1. The SMILES string of the molecule is CCCCOCCCNC(=O)c1ccc(N2CCN(C(=O)c3cc(F)c(F)c(F)c3F)CC2)nc1. The number of piperazine rings is 1. The average molecular weight is 497 g/mol. The van der Waals surface area contributed by atoms with Crippen LogP contribution in [0.4, 0.5) is 23.4 Å². The number of halogens is 4. The molecule has 190 valence electrons. The molecule has 1 aliphatic rings. The lowest BCUT2D eigenvalue weighted by atomic mass is 10.1. The number of unbranched alkanes of at least 4 members (excludes halogenated alkanes) is 1. The molecule has 11 heteroatoms. The van der Waals surface area contributed by atoms with E-state index in [4.69, 9.17) is 4.74 Å². The van der Waals surface area contributed by atoms with Crippen molar-refractivity contribution in [3.8, 4) is 0 Å². The Morgan fingerprint density at radius 3 is 2.37 bits per heavy atom. The van der Waals surface area contributed by atoms with Gasteiger partial charge in [0.05, 0.1) is 11.1 Å². The third kappa shape index (κ3) is 6.68. The van der Waals surface area contributed by atoms with Gasteiger partial charge in [0.1, 0.15) is 5.82 Å². The van der Waals surface area contributed by atoms with Gasteiger partial charge in [0.25, 0.3) is 11.8 Å². The molecule has 7 nitrogen and oxygen atoms in total. The molecule has 0 unspecified atom stereocenters. The minimum Gasteiger partial charge on any atom is -0.381 e. The quantitative estimate of drug-likeness (QED) is 0.236. The van der Waals surface area contributed by atoms with E-state index in [2.05, 4.69) is 17.2 Å². The molecule has 1 saturated heterocycles. The van der Waals surface area contributed by atoms with Gasteiger partial charge >= 0.3 is 0 Å². The van der Waals surface area contributed by atoms with Crippen LogP contribution in [0.2, 0.25) is 0 Å². The molecule has 0 spiro atoms. The smallest absolute Gasteiger partial charge is 0.257 e. The summed E-state index contributed by atoms with van der Waals surface area (Å²) in [6, 6.07) is 3.70. The minimum absolute atomic E-state index is 0.142. The average Bonchev–Trinajstić information content (AvgIpc) is 2.88. The lowest BCUT2D eigenvalue weighted by molar-refractivity contribution is 0.0739. The molecule has 0 aliphatic carbocycles. The van der Waals surface area contributed by atoms with E-state index in [1.165, 1.54) is 11.1 Å². The molecule has 0 saturated carbocycles. The highest BCUT2D eigenvalue weighted by molar-refractivity contribution is 5.95. The number of aromatic nitrogens is 1. The van der Waals surface area contributed by atoms with E-state index in [0.29, 0.717) is 50.1 Å². The fraction of sp³-hybridized carbons (Fsp3) is 0.458. The van der Waals surface area contributed by atoms with Gasteiger partial charge in [0, 0.05) is 52.1 Å². The van der Waals surface area contributed by atoms with Gasteiger partial charge in [-0.15, -0.1) is 0 Å². The molecule has 2 aromatic rings. The van der Waals surface area contributed by atoms with Gasteiger partial charge in [0.2, 0.25) is 0 Å². The Morgan fingerprint density at radius 1 is 1.00 bits per heavy atom. The summed E-state index contributed by atoms with van der Waals surface area (Å²) in [5, 5.41) is 2.81. The molecule has 1 N–H and O–H groups in total. The monoisotopic (exact) mass is 496 g/mol. The highest BCUT2D eigenvalue weighted by Gasteiger charge is 2.28. The summed E-state index contributed by atoms with van der Waals surface area (Å²) in [6.07, 6.45) is 4.26. The minimum atomic E-state index is -2.01. The van der Waals surface area contributed by atoms with Gasteiger partial charge in [-0.1, -0.05) is 13.3 Å². The van der Waals surface area contributed by atoms with Gasteiger partial charge in [-0.25, -0.2) is 22.5 Å². The number of carbonyl (C=O) groups excluding carboxylic acids is 2. The summed E-state index contributed by atoms with van der Waals surface area (Å²) in [4.78, 5) is 32.2. The first-order valence-corrected chi connectivity index (χ1v) is 11.5. The van der Waals surface area contributed by atoms with Crippen LogP contribution < -0.4 is 10.2 Å². The maximum absolute atomic E-state index is 14.0. The maximum atomic E-state index is 14.0. The molecule has 2 amide bonds. The summed E-state index contributed by atoms with van der Waals surface area (Å²) < 4.78 is 59.5. The third-order valence-electron chi connectivity index (χ3n) is 5.63. The van der Waals surface area contributed by atoms with Gasteiger partial charge < -0.3 is 19.9 Å². The molecule has 1 aliphatic heterocycles. The first kappa shape index (κ1) is 26.4. The number of hydrogen-bond acceptors (Lipinski definition) is 5. The molecule has 0 bridgehead atoms. The Morgan fingerprint density at radius 2 is 1.71 bits per heavy atom. The van der Waals surface area contributed by atoms with Gasteiger partial charge in [-0.3, -0.25) is 9.59 Å². The van der Waals surface area contributed by atoms with Crippen LogP contribution >= 0.6 is 0 Å². The second-order valence-electron chi connectivity index (χ2n) is 8.11. The summed E-state index contributed by atoms with van der Waals surface area (Å²) in [5.74, 6) is -7.88. The number of pyridine rings is 1. The summed E-state index contributed by atoms with van der Waals surface area (Å²) in [5.41, 5.74) is -0.443. The number of ether oxygens (including phenoxy) is 1. The van der Waals surface area contributed by atoms with Crippen molar-refractivity contribution in [1.29, 1.82) is 0 Å². The van der Waals surface area contributed by atoms with Gasteiger partial charge in [-0.2, -0.15) is 0 Å². The van der Waals surface area contributed by atoms with Crippen molar-refractivity contribution in [2.45, 2.75) is 26.2 Å². The van der Waals surface area contributed by atoms with E-state index < -0.39 is 34.7 Å². The van der Waals surface area contributed by atoms with Gasteiger partial charge in [-0.05, 0) is 31.0 Å². The normalized spacial score (nSPS) is 13.7. The van der Waals surface area contributed by atoms with Crippen molar-refractivity contribution in [3.05, 3.63) is 58.8 Å². The lowest BCUT2D eigenvalue weighted by Gasteiger charge is -2.35. The second-order valence-corrected chi connectivity index (χ2v) is 8.11. The highest BCUT2D eigenvalue weighted by Crippen LogP contribution is 2.21. The standard InChI is InChI=1S/C24H28F4N4O3/c1-2-3-12-35-13-4-7-29-23(33)16-5-6-19(30-15-16)31-8-10-32(11-9-31)24(34)17-14-18(25)21(27)22(28)20(17)26/h5-6,14-15H,2-4,7-13H2,1H3,(H,29,33). The highest BCUT2D eigenvalue weighted by atomic mass is 19.2. The topological polar surface area (TPSA) is 74.8 Å². The van der Waals surface area contributed by atoms with Gasteiger partial charge in [0.15, 0.2) is 23.3 Å². The zero-order chi connectivity index (χ0) is 25.4. The van der Waals surface area contributed by atoms with Crippen LogP contribution in [-0.2, 0) is 4.74 Å². The molecule has 2 heterocycles. The molecular weight excluding hydrogens is 468 g/mol. The van der Waals surface area contributed by atoms with E-state index in [1.54, 1.807) is 12.1 Å². The Bertz CT molecular complexity index is 1030. The van der Waals surface area contributed by atoms with Crippen molar-refractivity contribution < 1.29 is 31.9 Å². The van der Waals surface area contributed by atoms with E-state index in [0.717, 1.165) is 19.4 Å². The molecule has 1 fully saturated rings. The summed E-state index contributed by atoms with van der Waals surface area (Å²) in [6.45, 7) is 4.83. The van der Waals surface area contributed by atoms with Crippen molar-refractivity contribution in [2.24, 2.45) is 0 Å². The van der Waals surface area contributed by atoms with E-state index in [-0.39, 0.29) is 19.0 Å². The van der Waals surface area contributed by atoms with E-state index in [1.807, 2.05) is 4.90 Å². The predicted molar refractivity (Wildman–Crippen MR) is 121 cm³/mol. The first-order valence-electron chi connectivity index (χ1n) is 11.5. The van der Waals surface area contributed by atoms with Crippen LogP contribution in [0.25, 0.3) is 0 Å². The number of carbonyl (C=O) groups is 2. The fourth-order valence-electron chi connectivity index (χ4n) is 3.57. The molecule has 1 aromatic heterocycles. The van der Waals surface area contributed by atoms with E-state index in [9.17, 15) is 27.2 Å². The fourth-order valence-corrected chi connectivity index (χ4v) is 3.57. The van der Waals surface area contributed by atoms with Crippen molar-refractivity contribution in [3.63, 3.8) is 0 Å². The molecule has 35 heavy (non-hydrogen) atoms. The molecule has 1 aromatic carbocycles. The maximum Gasteiger partial charge on any atom is 0.257 e. The number of hydrogen-bond donors (Lipinski definition) is 1. The molecular formula is C24H28F4N4O3. The molecule has 0 atom stereocenters. The van der Waals surface area contributed by atoms with Crippen molar-refractivity contribution in [1.82, 2.24) is 15.2 Å². The molecule has 3 rings (SSSR count). The summed E-state index contributed by atoms with van der Waals surface area (Å²) in [7, 11) is 0.